The van der Waals surface area contributed by atoms with Gasteiger partial charge in [0.1, 0.15) is 5.82 Å². The summed E-state index contributed by atoms with van der Waals surface area (Å²) in [7, 11) is 0. The van der Waals surface area contributed by atoms with Crippen LogP contribution in [-0.4, -0.2) is 15.9 Å². The summed E-state index contributed by atoms with van der Waals surface area (Å²) in [5.74, 6) is -0.289. The van der Waals surface area contributed by atoms with E-state index in [4.69, 9.17) is 11.5 Å². The van der Waals surface area contributed by atoms with Gasteiger partial charge in [-0.15, -0.1) is 0 Å². The number of aromatic amines is 1. The summed E-state index contributed by atoms with van der Waals surface area (Å²) in [6.07, 6.45) is 0. The molecule has 5 heteroatoms. The van der Waals surface area contributed by atoms with E-state index < -0.39 is 17.9 Å². The number of aromatic nitrogens is 2. The second-order valence-corrected chi connectivity index (χ2v) is 6.32. The van der Waals surface area contributed by atoms with Crippen molar-refractivity contribution < 1.29 is 4.79 Å². The number of benzene rings is 1. The van der Waals surface area contributed by atoms with E-state index in [-0.39, 0.29) is 5.41 Å². The highest BCUT2D eigenvalue weighted by Gasteiger charge is 2.23. The molecule has 0 saturated heterocycles. The third-order valence-electron chi connectivity index (χ3n) is 3.67. The Morgan fingerprint density at radius 2 is 2.00 bits per heavy atom. The van der Waals surface area contributed by atoms with E-state index in [1.165, 1.54) is 5.56 Å². The quantitative estimate of drug-likeness (QED) is 0.798. The molecule has 0 spiro atoms. The lowest BCUT2D eigenvalue weighted by Gasteiger charge is -2.18. The summed E-state index contributed by atoms with van der Waals surface area (Å²) in [4.78, 5) is 18.9. The predicted molar refractivity (Wildman–Crippen MR) is 80.1 cm³/mol. The Kier molecular flexibility index (Phi) is 3.56. The molecule has 1 aromatic carbocycles. The number of imidazole rings is 1. The lowest BCUT2D eigenvalue weighted by Crippen LogP contribution is -2.31. The van der Waals surface area contributed by atoms with Crippen molar-refractivity contribution >= 4 is 16.9 Å². The molecule has 0 fully saturated rings. The molecule has 0 aliphatic carbocycles. The van der Waals surface area contributed by atoms with Crippen molar-refractivity contribution in [3.8, 4) is 0 Å². The van der Waals surface area contributed by atoms with Crippen LogP contribution in [0.4, 0.5) is 0 Å². The van der Waals surface area contributed by atoms with Gasteiger partial charge in [0.2, 0.25) is 5.91 Å². The van der Waals surface area contributed by atoms with Gasteiger partial charge in [0, 0.05) is 0 Å². The molecule has 0 saturated carbocycles. The summed E-state index contributed by atoms with van der Waals surface area (Å²) >= 11 is 0. The highest BCUT2D eigenvalue weighted by Crippen LogP contribution is 2.26. The zero-order chi connectivity index (χ0) is 15.1. The van der Waals surface area contributed by atoms with Crippen LogP contribution in [0.5, 0.6) is 0 Å². The van der Waals surface area contributed by atoms with Gasteiger partial charge < -0.3 is 16.5 Å². The van der Waals surface area contributed by atoms with Gasteiger partial charge in [0.15, 0.2) is 0 Å². The number of nitrogens with zero attached hydrogens (tertiary/aromatic N) is 1. The number of hydrogen-bond acceptors (Lipinski definition) is 3. The maximum atomic E-state index is 11.2. The molecule has 1 amide bonds. The van der Waals surface area contributed by atoms with Crippen LogP contribution in [0.3, 0.4) is 0 Å². The summed E-state index contributed by atoms with van der Waals surface area (Å²) in [6.45, 7) is 8.19. The van der Waals surface area contributed by atoms with Crippen LogP contribution in [0.15, 0.2) is 18.2 Å². The molecule has 2 atom stereocenters. The zero-order valence-corrected chi connectivity index (χ0v) is 12.4. The molecule has 1 aromatic heterocycles. The number of amides is 1. The Balaban J connectivity index is 2.41. The standard InChI is InChI=1S/C15H22N4O/c1-8(13(17)20)12(16)14-18-10-6-5-9(15(2,3)4)7-11(10)19-14/h5-8,12H,16H2,1-4H3,(H2,17,20)(H,18,19). The molecule has 1 heterocycles. The number of nitrogens with one attached hydrogen (secondary N) is 1. The van der Waals surface area contributed by atoms with Crippen molar-refractivity contribution in [3.63, 3.8) is 0 Å². The van der Waals surface area contributed by atoms with Gasteiger partial charge in [0.05, 0.1) is 23.0 Å². The lowest BCUT2D eigenvalue weighted by molar-refractivity contribution is -0.121. The highest BCUT2D eigenvalue weighted by molar-refractivity contribution is 5.78. The van der Waals surface area contributed by atoms with Crippen molar-refractivity contribution in [1.29, 1.82) is 0 Å². The molecule has 20 heavy (non-hydrogen) atoms. The molecular weight excluding hydrogens is 252 g/mol. The molecule has 2 unspecified atom stereocenters. The maximum absolute atomic E-state index is 11.2. The van der Waals surface area contributed by atoms with E-state index >= 15 is 0 Å². The maximum Gasteiger partial charge on any atom is 0.222 e. The lowest BCUT2D eigenvalue weighted by atomic mass is 9.87. The number of carbonyl (C=O) groups excluding carboxylic acids is 1. The minimum atomic E-state index is -0.516. The summed E-state index contributed by atoms with van der Waals surface area (Å²) < 4.78 is 0. The second kappa shape index (κ2) is 4.90. The van der Waals surface area contributed by atoms with Crippen LogP contribution in [0, 0.1) is 5.92 Å². The number of nitrogens with two attached hydrogens (primary N) is 2. The Hall–Kier alpha value is -1.88. The largest absolute Gasteiger partial charge is 0.369 e. The van der Waals surface area contributed by atoms with Crippen LogP contribution < -0.4 is 11.5 Å². The molecule has 5 N–H and O–H groups in total. The molecule has 5 nitrogen and oxygen atoms in total. The molecule has 0 aliphatic heterocycles. The van der Waals surface area contributed by atoms with Gasteiger partial charge in [-0.1, -0.05) is 33.8 Å². The van der Waals surface area contributed by atoms with Gasteiger partial charge in [-0.2, -0.15) is 0 Å². The van der Waals surface area contributed by atoms with E-state index in [0.29, 0.717) is 5.82 Å². The van der Waals surface area contributed by atoms with Crippen LogP contribution in [0.2, 0.25) is 0 Å². The van der Waals surface area contributed by atoms with E-state index in [1.54, 1.807) is 6.92 Å². The van der Waals surface area contributed by atoms with Crippen molar-refractivity contribution in [1.82, 2.24) is 9.97 Å². The van der Waals surface area contributed by atoms with E-state index in [1.807, 2.05) is 6.07 Å². The van der Waals surface area contributed by atoms with Crippen molar-refractivity contribution in [2.24, 2.45) is 17.4 Å². The average molecular weight is 274 g/mol. The first-order valence-electron chi connectivity index (χ1n) is 6.75. The van der Waals surface area contributed by atoms with Crippen LogP contribution in [0.25, 0.3) is 11.0 Å². The van der Waals surface area contributed by atoms with Gasteiger partial charge in [-0.05, 0) is 23.1 Å². The third-order valence-corrected chi connectivity index (χ3v) is 3.67. The smallest absolute Gasteiger partial charge is 0.222 e. The first-order chi connectivity index (χ1) is 9.20. The number of primary amides is 1. The molecule has 2 rings (SSSR count). The minimum absolute atomic E-state index is 0.0715. The SMILES string of the molecule is CC(C(N)=O)C(N)c1nc2ccc(C(C)(C)C)cc2[nH]1. The van der Waals surface area contributed by atoms with Gasteiger partial charge in [0.25, 0.3) is 0 Å². The molecule has 0 radical (unpaired) electrons. The van der Waals surface area contributed by atoms with E-state index in [9.17, 15) is 4.79 Å². The molecule has 0 bridgehead atoms. The molecule has 2 aromatic rings. The summed E-state index contributed by atoms with van der Waals surface area (Å²) in [5.41, 5.74) is 14.4. The third kappa shape index (κ3) is 2.67. The van der Waals surface area contributed by atoms with Crippen molar-refractivity contribution in [2.75, 3.05) is 0 Å². The van der Waals surface area contributed by atoms with Crippen LogP contribution in [-0.2, 0) is 10.2 Å². The van der Waals surface area contributed by atoms with Crippen LogP contribution in [0.1, 0.15) is 45.1 Å². The number of H-pyrrole nitrogens is 1. The highest BCUT2D eigenvalue weighted by atomic mass is 16.1. The predicted octanol–water partition coefficient (Wildman–Crippen LogP) is 1.98. The van der Waals surface area contributed by atoms with Crippen molar-refractivity contribution in [2.45, 2.75) is 39.2 Å². The number of carbonyl (C=O) groups is 1. The van der Waals surface area contributed by atoms with Gasteiger partial charge >= 0.3 is 0 Å². The Bertz CT molecular complexity index is 639. The van der Waals surface area contributed by atoms with Gasteiger partial charge in [-0.25, -0.2) is 4.98 Å². The van der Waals surface area contributed by atoms with Crippen LogP contribution >= 0.6 is 0 Å². The summed E-state index contributed by atoms with van der Waals surface area (Å²) in [6, 6.07) is 5.60. The molecule has 108 valence electrons. The van der Waals surface area contributed by atoms with Crippen molar-refractivity contribution in [3.05, 3.63) is 29.6 Å². The fraction of sp³-hybridized carbons (Fsp3) is 0.467. The fourth-order valence-electron chi connectivity index (χ4n) is 2.07. The fourth-order valence-corrected chi connectivity index (χ4v) is 2.07. The second-order valence-electron chi connectivity index (χ2n) is 6.32. The topological polar surface area (TPSA) is 97.8 Å². The Labute approximate surface area is 118 Å². The minimum Gasteiger partial charge on any atom is -0.369 e. The zero-order valence-electron chi connectivity index (χ0n) is 12.4. The molecule has 0 aliphatic rings. The summed E-state index contributed by atoms with van der Waals surface area (Å²) in [5, 5.41) is 0. The van der Waals surface area contributed by atoms with Gasteiger partial charge in [-0.3, -0.25) is 4.79 Å². The Morgan fingerprint density at radius 1 is 1.35 bits per heavy atom. The number of fused-ring (bicyclic) bond motifs is 1. The first-order valence-corrected chi connectivity index (χ1v) is 6.75. The average Bonchev–Trinajstić information content (AvgIpc) is 2.78. The number of hydrogen-bond donors (Lipinski definition) is 3. The van der Waals surface area contributed by atoms with E-state index in [0.717, 1.165) is 11.0 Å². The Morgan fingerprint density at radius 3 is 2.55 bits per heavy atom. The monoisotopic (exact) mass is 274 g/mol. The number of rotatable bonds is 3. The molecular formula is C15H22N4O. The van der Waals surface area contributed by atoms with E-state index in [2.05, 4.69) is 42.9 Å². The normalized spacial score (nSPS) is 15.2. The first kappa shape index (κ1) is 14.5.